The lowest BCUT2D eigenvalue weighted by Gasteiger charge is -2.27. The summed E-state index contributed by atoms with van der Waals surface area (Å²) in [4.78, 5) is 7.04. The molecule has 0 spiro atoms. The van der Waals surface area contributed by atoms with Gasteiger partial charge in [0, 0.05) is 30.2 Å². The third-order valence-corrected chi connectivity index (χ3v) is 4.74. The second kappa shape index (κ2) is 5.30. The minimum absolute atomic E-state index is 0.0401. The zero-order valence-electron chi connectivity index (χ0n) is 13.1. The number of anilines is 1. The molecule has 1 aliphatic rings. The van der Waals surface area contributed by atoms with Crippen molar-refractivity contribution in [3.63, 3.8) is 0 Å². The molecule has 1 N–H and O–H groups in total. The van der Waals surface area contributed by atoms with E-state index in [9.17, 15) is 5.11 Å². The Balaban J connectivity index is 1.99. The Hall–Kier alpha value is -1.61. The summed E-state index contributed by atoms with van der Waals surface area (Å²) in [7, 11) is 0. The van der Waals surface area contributed by atoms with Gasteiger partial charge in [0.2, 0.25) is 0 Å². The van der Waals surface area contributed by atoms with E-state index in [-0.39, 0.29) is 6.61 Å². The van der Waals surface area contributed by atoms with Crippen molar-refractivity contribution < 1.29 is 5.11 Å². The number of rotatable bonds is 2. The van der Waals surface area contributed by atoms with E-state index in [1.165, 1.54) is 6.42 Å². The van der Waals surface area contributed by atoms with E-state index in [2.05, 4.69) is 42.8 Å². The van der Waals surface area contributed by atoms with Crippen molar-refractivity contribution in [2.45, 2.75) is 33.8 Å². The maximum absolute atomic E-state index is 9.49. The first-order chi connectivity index (χ1) is 10.0. The molecule has 0 saturated carbocycles. The highest BCUT2D eigenvalue weighted by molar-refractivity contribution is 5.94. The predicted octanol–water partition coefficient (Wildman–Crippen LogP) is 3.60. The second-order valence-corrected chi connectivity index (χ2v) is 7.11. The minimum atomic E-state index is 0.0401. The highest BCUT2D eigenvalue weighted by Gasteiger charge is 2.32. The molecule has 1 fully saturated rings. The van der Waals surface area contributed by atoms with E-state index < -0.39 is 0 Å². The van der Waals surface area contributed by atoms with E-state index in [1.807, 2.05) is 18.3 Å². The topological polar surface area (TPSA) is 36.4 Å². The number of aliphatic hydroxyl groups is 1. The molecule has 1 aliphatic heterocycles. The summed E-state index contributed by atoms with van der Waals surface area (Å²) >= 11 is 0. The summed E-state index contributed by atoms with van der Waals surface area (Å²) in [6, 6.07) is 8.25. The van der Waals surface area contributed by atoms with Gasteiger partial charge in [-0.3, -0.25) is 0 Å². The van der Waals surface area contributed by atoms with Gasteiger partial charge in [0.05, 0.1) is 6.61 Å². The van der Waals surface area contributed by atoms with E-state index in [0.717, 1.165) is 35.2 Å². The molecule has 1 saturated heterocycles. The number of nitrogens with zero attached hydrogens (tertiary/aromatic N) is 2. The van der Waals surface area contributed by atoms with Crippen LogP contribution < -0.4 is 4.90 Å². The van der Waals surface area contributed by atoms with Gasteiger partial charge >= 0.3 is 0 Å². The number of hydrogen-bond acceptors (Lipinski definition) is 3. The lowest BCUT2D eigenvalue weighted by atomic mass is 9.80. The summed E-state index contributed by atoms with van der Waals surface area (Å²) in [6.07, 6.45) is 3.04. The van der Waals surface area contributed by atoms with Crippen LogP contribution in [0.25, 0.3) is 10.8 Å². The van der Waals surface area contributed by atoms with E-state index >= 15 is 0 Å². The van der Waals surface area contributed by atoms with E-state index in [1.54, 1.807) is 0 Å². The Morgan fingerprint density at radius 3 is 2.57 bits per heavy atom. The number of hydrogen-bond donors (Lipinski definition) is 1. The average molecular weight is 284 g/mol. The Morgan fingerprint density at radius 2 is 1.95 bits per heavy atom. The van der Waals surface area contributed by atoms with Gasteiger partial charge in [-0.15, -0.1) is 0 Å². The monoisotopic (exact) mass is 284 g/mol. The van der Waals surface area contributed by atoms with Gasteiger partial charge in [-0.1, -0.05) is 45.0 Å². The standard InChI is InChI=1S/C18H24N2O/c1-18(2,3)14-8-9-20(11-14)17-16-7-5-4-6-15(16)13(12-21)10-19-17/h4-7,10,14,21H,8-9,11-12H2,1-3H3. The van der Waals surface area contributed by atoms with E-state index in [4.69, 9.17) is 0 Å². The molecule has 0 bridgehead atoms. The molecule has 3 nitrogen and oxygen atoms in total. The first kappa shape index (κ1) is 14.3. The second-order valence-electron chi connectivity index (χ2n) is 7.11. The van der Waals surface area contributed by atoms with Crippen molar-refractivity contribution in [3.8, 4) is 0 Å². The minimum Gasteiger partial charge on any atom is -0.392 e. The number of pyridine rings is 1. The molecule has 1 unspecified atom stereocenters. The Labute approximate surface area is 126 Å². The largest absolute Gasteiger partial charge is 0.392 e. The fourth-order valence-corrected chi connectivity index (χ4v) is 3.27. The first-order valence-corrected chi connectivity index (χ1v) is 7.73. The van der Waals surface area contributed by atoms with Crippen molar-refractivity contribution in [3.05, 3.63) is 36.0 Å². The molecule has 0 aliphatic carbocycles. The Kier molecular flexibility index (Phi) is 3.62. The summed E-state index contributed by atoms with van der Waals surface area (Å²) in [6.45, 7) is 9.14. The highest BCUT2D eigenvalue weighted by Crippen LogP contribution is 2.37. The molecule has 0 radical (unpaired) electrons. The van der Waals surface area contributed by atoms with Gasteiger partial charge in [0.15, 0.2) is 0 Å². The lowest BCUT2D eigenvalue weighted by Crippen LogP contribution is -2.26. The van der Waals surface area contributed by atoms with Crippen molar-refractivity contribution >= 4 is 16.6 Å². The summed E-state index contributed by atoms with van der Waals surface area (Å²) in [5, 5.41) is 11.8. The summed E-state index contributed by atoms with van der Waals surface area (Å²) in [5.74, 6) is 1.77. The molecular formula is C18H24N2O. The molecule has 1 atom stereocenters. The van der Waals surface area contributed by atoms with Crippen LogP contribution >= 0.6 is 0 Å². The molecule has 112 valence electrons. The zero-order chi connectivity index (χ0) is 15.0. The molecule has 1 aromatic heterocycles. The third-order valence-electron chi connectivity index (χ3n) is 4.74. The maximum Gasteiger partial charge on any atom is 0.136 e. The van der Waals surface area contributed by atoms with Gasteiger partial charge in [-0.05, 0) is 23.1 Å². The van der Waals surface area contributed by atoms with E-state index in [0.29, 0.717) is 11.3 Å². The number of aromatic nitrogens is 1. The summed E-state index contributed by atoms with van der Waals surface area (Å²) < 4.78 is 0. The third kappa shape index (κ3) is 2.62. The van der Waals surface area contributed by atoms with Crippen LogP contribution in [0, 0.1) is 11.3 Å². The van der Waals surface area contributed by atoms with Crippen LogP contribution in [0.1, 0.15) is 32.8 Å². The fourth-order valence-electron chi connectivity index (χ4n) is 3.27. The van der Waals surface area contributed by atoms with Gasteiger partial charge in [-0.25, -0.2) is 4.98 Å². The van der Waals surface area contributed by atoms with Gasteiger partial charge in [0.25, 0.3) is 0 Å². The summed E-state index contributed by atoms with van der Waals surface area (Å²) in [5.41, 5.74) is 1.25. The average Bonchev–Trinajstić information content (AvgIpc) is 2.96. The van der Waals surface area contributed by atoms with Crippen molar-refractivity contribution in [1.82, 2.24) is 4.98 Å². The SMILES string of the molecule is CC(C)(C)C1CCN(c2ncc(CO)c3ccccc23)C1. The maximum atomic E-state index is 9.49. The van der Waals surface area contributed by atoms with Crippen LogP contribution in [0.4, 0.5) is 5.82 Å². The smallest absolute Gasteiger partial charge is 0.136 e. The Bertz CT molecular complexity index is 645. The zero-order valence-corrected chi connectivity index (χ0v) is 13.1. The van der Waals surface area contributed by atoms with Crippen molar-refractivity contribution in [2.75, 3.05) is 18.0 Å². The molecule has 2 aromatic rings. The van der Waals surface area contributed by atoms with Crippen molar-refractivity contribution in [2.24, 2.45) is 11.3 Å². The molecule has 0 amide bonds. The lowest BCUT2D eigenvalue weighted by molar-refractivity contribution is 0.263. The number of benzene rings is 1. The Morgan fingerprint density at radius 1 is 1.24 bits per heavy atom. The molecule has 1 aromatic carbocycles. The van der Waals surface area contributed by atoms with Crippen LogP contribution in [0.15, 0.2) is 30.5 Å². The normalized spacial score (nSPS) is 19.4. The van der Waals surface area contributed by atoms with Gasteiger partial charge in [0.1, 0.15) is 5.82 Å². The molecule has 3 rings (SSSR count). The predicted molar refractivity (Wildman–Crippen MR) is 87.4 cm³/mol. The molecule has 2 heterocycles. The first-order valence-electron chi connectivity index (χ1n) is 7.73. The van der Waals surface area contributed by atoms with Crippen LogP contribution in [0.3, 0.4) is 0 Å². The van der Waals surface area contributed by atoms with Crippen molar-refractivity contribution in [1.29, 1.82) is 0 Å². The van der Waals surface area contributed by atoms with Crippen LogP contribution in [-0.2, 0) is 6.61 Å². The van der Waals surface area contributed by atoms with Gasteiger partial charge < -0.3 is 10.0 Å². The van der Waals surface area contributed by atoms with Crippen LogP contribution in [-0.4, -0.2) is 23.2 Å². The fraction of sp³-hybridized carbons (Fsp3) is 0.500. The molecule has 3 heteroatoms. The molecule has 21 heavy (non-hydrogen) atoms. The van der Waals surface area contributed by atoms with Gasteiger partial charge in [-0.2, -0.15) is 0 Å². The molecular weight excluding hydrogens is 260 g/mol. The number of aliphatic hydroxyl groups excluding tert-OH is 1. The number of fused-ring (bicyclic) bond motifs is 1. The van der Waals surface area contributed by atoms with Crippen LogP contribution in [0.5, 0.6) is 0 Å². The quantitative estimate of drug-likeness (QED) is 0.915. The highest BCUT2D eigenvalue weighted by atomic mass is 16.3. The van der Waals surface area contributed by atoms with Crippen LogP contribution in [0.2, 0.25) is 0 Å².